The summed E-state index contributed by atoms with van der Waals surface area (Å²) in [4.78, 5) is 15.6. The lowest BCUT2D eigenvalue weighted by Gasteiger charge is -2.27. The predicted molar refractivity (Wildman–Crippen MR) is 108 cm³/mol. The van der Waals surface area contributed by atoms with E-state index in [9.17, 15) is 13.2 Å². The summed E-state index contributed by atoms with van der Waals surface area (Å²) in [6.45, 7) is 7.22. The average molecular weight is 429 g/mol. The average Bonchev–Trinajstić information content (AvgIpc) is 3.33. The van der Waals surface area contributed by atoms with Crippen molar-refractivity contribution >= 4 is 27.3 Å². The van der Waals surface area contributed by atoms with Crippen LogP contribution in [-0.2, 0) is 32.5 Å². The Labute approximate surface area is 170 Å². The first-order chi connectivity index (χ1) is 13.4. The number of carbonyl (C=O) groups is 1. The maximum atomic E-state index is 13.0. The van der Waals surface area contributed by atoms with Crippen LogP contribution in [0.4, 0.5) is 0 Å². The Hall–Kier alpha value is -1.26. The summed E-state index contributed by atoms with van der Waals surface area (Å²) in [5.74, 6) is -0.590. The van der Waals surface area contributed by atoms with E-state index in [4.69, 9.17) is 9.47 Å². The monoisotopic (exact) mass is 428 g/mol. The molecule has 0 aromatic carbocycles. The molecule has 0 saturated carbocycles. The van der Waals surface area contributed by atoms with Crippen LogP contribution in [-0.4, -0.2) is 58.7 Å². The summed E-state index contributed by atoms with van der Waals surface area (Å²) in [7, 11) is -2.53. The normalized spacial score (nSPS) is 21.0. The summed E-state index contributed by atoms with van der Waals surface area (Å²) >= 11 is 1.18. The Morgan fingerprint density at radius 2 is 2.25 bits per heavy atom. The Bertz CT molecular complexity index is 854. The van der Waals surface area contributed by atoms with Gasteiger partial charge in [-0.2, -0.15) is 0 Å². The maximum Gasteiger partial charge on any atom is 0.340 e. The Kier molecular flexibility index (Phi) is 6.93. The van der Waals surface area contributed by atoms with E-state index in [1.165, 1.54) is 24.0 Å². The molecule has 3 rings (SSSR count). The minimum atomic E-state index is -3.82. The van der Waals surface area contributed by atoms with Crippen LogP contribution in [0.25, 0.3) is 0 Å². The van der Waals surface area contributed by atoms with Gasteiger partial charge in [0.1, 0.15) is 4.21 Å². The molecule has 0 spiro atoms. The Morgan fingerprint density at radius 3 is 2.89 bits per heavy atom. The number of nitrogens with zero attached hydrogens (tertiary/aromatic N) is 1. The van der Waals surface area contributed by atoms with Crippen molar-refractivity contribution in [1.82, 2.24) is 9.62 Å². The number of sulfonamides is 1. The zero-order chi connectivity index (χ0) is 20.3. The highest BCUT2D eigenvalue weighted by molar-refractivity contribution is 7.91. The van der Waals surface area contributed by atoms with Gasteiger partial charge in [0.15, 0.2) is 0 Å². The lowest BCUT2D eigenvalue weighted by atomic mass is 10.0. The van der Waals surface area contributed by atoms with Crippen molar-refractivity contribution in [2.75, 3.05) is 33.4 Å². The minimum absolute atomic E-state index is 0.0620. The molecule has 0 bridgehead atoms. The first-order valence-electron chi connectivity index (χ1n) is 9.54. The van der Waals surface area contributed by atoms with E-state index >= 15 is 0 Å². The number of esters is 1. The third kappa shape index (κ3) is 4.65. The highest BCUT2D eigenvalue weighted by atomic mass is 32.2. The van der Waals surface area contributed by atoms with Crippen molar-refractivity contribution in [3.8, 4) is 0 Å². The molecule has 1 atom stereocenters. The van der Waals surface area contributed by atoms with Gasteiger partial charge in [0.05, 0.1) is 18.8 Å². The fourth-order valence-electron chi connectivity index (χ4n) is 3.58. The molecule has 1 unspecified atom stereocenters. The van der Waals surface area contributed by atoms with E-state index in [2.05, 4.69) is 22.6 Å². The van der Waals surface area contributed by atoms with Gasteiger partial charge in [-0.15, -0.1) is 11.3 Å². The second kappa shape index (κ2) is 9.04. The van der Waals surface area contributed by atoms with Crippen LogP contribution in [0.2, 0.25) is 0 Å². The van der Waals surface area contributed by atoms with Crippen LogP contribution in [0.1, 0.15) is 47.5 Å². The van der Waals surface area contributed by atoms with E-state index in [1.807, 2.05) is 6.92 Å². The molecule has 0 aliphatic carbocycles. The fraction of sp³-hybridized carbons (Fsp3) is 0.632. The lowest BCUT2D eigenvalue weighted by Crippen LogP contribution is -2.32. The molecule has 0 radical (unpaired) electrons. The second-order valence-electron chi connectivity index (χ2n) is 7.24. The molecule has 156 valence electrons. The van der Waals surface area contributed by atoms with Crippen LogP contribution in [0.3, 0.4) is 0 Å². The van der Waals surface area contributed by atoms with Gasteiger partial charge in [0, 0.05) is 37.7 Å². The number of fused-ring (bicyclic) bond motifs is 1. The van der Waals surface area contributed by atoms with Crippen molar-refractivity contribution in [2.24, 2.45) is 0 Å². The third-order valence-electron chi connectivity index (χ3n) is 5.23. The van der Waals surface area contributed by atoms with E-state index in [0.29, 0.717) is 19.6 Å². The van der Waals surface area contributed by atoms with Gasteiger partial charge >= 0.3 is 5.97 Å². The van der Waals surface area contributed by atoms with Crippen LogP contribution in [0.15, 0.2) is 15.9 Å². The molecule has 28 heavy (non-hydrogen) atoms. The molecule has 3 heterocycles. The van der Waals surface area contributed by atoms with Gasteiger partial charge in [-0.3, -0.25) is 4.90 Å². The largest absolute Gasteiger partial charge is 0.465 e. The van der Waals surface area contributed by atoms with E-state index in [0.717, 1.165) is 36.4 Å². The number of thiophene rings is 1. The number of allylic oxidation sites excluding steroid dienone is 1. The highest BCUT2D eigenvalue weighted by Gasteiger charge is 2.34. The molecular formula is C19H28N2O5S2. The smallest absolute Gasteiger partial charge is 0.340 e. The summed E-state index contributed by atoms with van der Waals surface area (Å²) in [5, 5.41) is 0. The lowest BCUT2D eigenvalue weighted by molar-refractivity contribution is 0.0595. The van der Waals surface area contributed by atoms with Crippen LogP contribution in [0.5, 0.6) is 0 Å². The second-order valence-corrected chi connectivity index (χ2v) is 10.3. The molecule has 7 nitrogen and oxygen atoms in total. The zero-order valence-corrected chi connectivity index (χ0v) is 18.2. The molecule has 1 fully saturated rings. The number of rotatable bonds is 7. The van der Waals surface area contributed by atoms with E-state index in [1.54, 1.807) is 0 Å². The summed E-state index contributed by atoms with van der Waals surface area (Å²) in [6, 6.07) is 0. The third-order valence-corrected chi connectivity index (χ3v) is 8.39. The Balaban J connectivity index is 1.87. The summed E-state index contributed by atoms with van der Waals surface area (Å²) in [5.41, 5.74) is 2.27. The SMILES string of the molecule is C/C=C(\C)CN1CCc2c(sc(S(=O)(=O)NCC3CCCO3)c2C(=O)OC)C1. The van der Waals surface area contributed by atoms with Crippen molar-refractivity contribution in [3.05, 3.63) is 27.7 Å². The van der Waals surface area contributed by atoms with E-state index < -0.39 is 16.0 Å². The number of hydrogen-bond donors (Lipinski definition) is 1. The number of methoxy groups -OCH3 is 1. The summed E-state index contributed by atoms with van der Waals surface area (Å²) < 4.78 is 39.0. The van der Waals surface area contributed by atoms with Crippen molar-refractivity contribution in [2.45, 2.75) is 50.0 Å². The van der Waals surface area contributed by atoms with Gasteiger partial charge in [-0.1, -0.05) is 11.6 Å². The number of carbonyl (C=O) groups excluding carboxylic acids is 1. The molecule has 1 N–H and O–H groups in total. The first kappa shape index (κ1) is 21.4. The van der Waals surface area contributed by atoms with Gasteiger partial charge < -0.3 is 9.47 Å². The van der Waals surface area contributed by atoms with Gasteiger partial charge in [-0.25, -0.2) is 17.9 Å². The fourth-order valence-corrected chi connectivity index (χ4v) is 6.62. The molecular weight excluding hydrogens is 400 g/mol. The molecule has 1 saturated heterocycles. The zero-order valence-electron chi connectivity index (χ0n) is 16.6. The topological polar surface area (TPSA) is 84.9 Å². The molecule has 9 heteroatoms. The molecule has 1 aromatic heterocycles. The van der Waals surface area contributed by atoms with Crippen LogP contribution < -0.4 is 4.72 Å². The number of hydrogen-bond acceptors (Lipinski definition) is 7. The van der Waals surface area contributed by atoms with Gasteiger partial charge in [0.25, 0.3) is 10.0 Å². The van der Waals surface area contributed by atoms with Crippen molar-refractivity contribution < 1.29 is 22.7 Å². The molecule has 1 aromatic rings. The van der Waals surface area contributed by atoms with Gasteiger partial charge in [0.2, 0.25) is 0 Å². The quantitative estimate of drug-likeness (QED) is 0.530. The van der Waals surface area contributed by atoms with Crippen LogP contribution >= 0.6 is 11.3 Å². The first-order valence-corrected chi connectivity index (χ1v) is 11.8. The van der Waals surface area contributed by atoms with Crippen molar-refractivity contribution in [1.29, 1.82) is 0 Å². The molecule has 2 aliphatic heterocycles. The number of ether oxygens (including phenoxy) is 2. The molecule has 0 amide bonds. The maximum absolute atomic E-state index is 13.0. The summed E-state index contributed by atoms with van der Waals surface area (Å²) in [6.07, 6.45) is 4.38. The minimum Gasteiger partial charge on any atom is -0.465 e. The van der Waals surface area contributed by atoms with Crippen LogP contribution in [0, 0.1) is 0 Å². The van der Waals surface area contributed by atoms with Crippen molar-refractivity contribution in [3.63, 3.8) is 0 Å². The Morgan fingerprint density at radius 1 is 1.46 bits per heavy atom. The van der Waals surface area contributed by atoms with Gasteiger partial charge in [-0.05, 0) is 38.7 Å². The highest BCUT2D eigenvalue weighted by Crippen LogP contribution is 2.36. The molecule has 2 aliphatic rings. The number of nitrogens with one attached hydrogen (secondary N) is 1. The standard InChI is InChI=1S/C19H28N2O5S2/c1-4-13(2)11-21-8-7-15-16(12-21)27-19(17(15)18(22)25-3)28(23,24)20-10-14-6-5-9-26-14/h4,14,20H,5-12H2,1-3H3/b13-4+. The predicted octanol–water partition coefficient (Wildman–Crippen LogP) is 2.32. The van der Waals surface area contributed by atoms with E-state index in [-0.39, 0.29) is 22.4 Å².